The van der Waals surface area contributed by atoms with Crippen molar-refractivity contribution < 1.29 is 23.1 Å². The summed E-state index contributed by atoms with van der Waals surface area (Å²) in [5.74, 6) is -0.781. The van der Waals surface area contributed by atoms with Crippen LogP contribution in [0.5, 0.6) is 5.75 Å². The number of nitrogens with one attached hydrogen (secondary N) is 1. The molecule has 0 bridgehead atoms. The lowest BCUT2D eigenvalue weighted by Gasteiger charge is -2.10. The van der Waals surface area contributed by atoms with E-state index in [1.807, 2.05) is 0 Å². The molecular weight excluding hydrogens is 358 g/mol. The average Bonchev–Trinajstić information content (AvgIpc) is 2.61. The largest absolute Gasteiger partial charge is 0.503 e. The zero-order valence-electron chi connectivity index (χ0n) is 13.9. The van der Waals surface area contributed by atoms with Crippen LogP contribution in [0.3, 0.4) is 0 Å². The molecule has 0 saturated carbocycles. The van der Waals surface area contributed by atoms with Gasteiger partial charge in [-0.15, -0.1) is 0 Å². The Balaban J connectivity index is 2.12. The standard InChI is InChI=1S/C17H19N3O5S/c1-25-13-7-5-11(6-8-13)15(18)10-16(21)17(22)20-12-3-2-4-14(9-12)26(19,23)24/h2-10,15,21H,18H2,1H3,(H,20,22)(H2,19,23,24)/b16-10-. The van der Waals surface area contributed by atoms with E-state index in [4.69, 9.17) is 15.6 Å². The molecule has 1 atom stereocenters. The molecule has 2 rings (SSSR count). The lowest BCUT2D eigenvalue weighted by Crippen LogP contribution is -2.18. The van der Waals surface area contributed by atoms with Crippen LogP contribution in [0.25, 0.3) is 0 Å². The maximum atomic E-state index is 12.1. The van der Waals surface area contributed by atoms with Crippen LogP contribution in [0, 0.1) is 0 Å². The fourth-order valence-corrected chi connectivity index (χ4v) is 2.67. The molecule has 0 radical (unpaired) electrons. The number of hydrogen-bond acceptors (Lipinski definition) is 6. The summed E-state index contributed by atoms with van der Waals surface area (Å²) in [5.41, 5.74) is 6.78. The third kappa shape index (κ3) is 5.06. The van der Waals surface area contributed by atoms with Gasteiger partial charge in [-0.25, -0.2) is 13.6 Å². The normalized spacial score (nSPS) is 13.1. The number of sulfonamides is 1. The fraction of sp³-hybridized carbons (Fsp3) is 0.118. The highest BCUT2D eigenvalue weighted by Crippen LogP contribution is 2.19. The number of aliphatic hydroxyl groups excluding tert-OH is 1. The van der Waals surface area contributed by atoms with Crippen molar-refractivity contribution in [2.45, 2.75) is 10.9 Å². The molecular formula is C17H19N3O5S. The van der Waals surface area contributed by atoms with Crippen molar-refractivity contribution >= 4 is 21.6 Å². The van der Waals surface area contributed by atoms with E-state index < -0.39 is 27.7 Å². The third-order valence-corrected chi connectivity index (χ3v) is 4.40. The van der Waals surface area contributed by atoms with Crippen LogP contribution in [0.1, 0.15) is 11.6 Å². The van der Waals surface area contributed by atoms with Crippen LogP contribution in [-0.2, 0) is 14.8 Å². The van der Waals surface area contributed by atoms with Crippen molar-refractivity contribution in [1.29, 1.82) is 0 Å². The molecule has 1 amide bonds. The van der Waals surface area contributed by atoms with Gasteiger partial charge in [0.2, 0.25) is 10.0 Å². The molecule has 0 saturated heterocycles. The Morgan fingerprint density at radius 3 is 2.46 bits per heavy atom. The van der Waals surface area contributed by atoms with Crippen molar-refractivity contribution in [2.24, 2.45) is 10.9 Å². The molecule has 9 heteroatoms. The first-order chi connectivity index (χ1) is 12.2. The molecule has 0 spiro atoms. The second-order valence-corrected chi connectivity index (χ2v) is 6.94. The van der Waals surface area contributed by atoms with E-state index in [2.05, 4.69) is 5.32 Å². The Hall–Kier alpha value is -2.88. The third-order valence-electron chi connectivity index (χ3n) is 3.49. The monoisotopic (exact) mass is 377 g/mol. The number of nitrogens with two attached hydrogens (primary N) is 2. The van der Waals surface area contributed by atoms with Crippen molar-refractivity contribution in [2.75, 3.05) is 12.4 Å². The molecule has 0 heterocycles. The second-order valence-electron chi connectivity index (χ2n) is 5.38. The van der Waals surface area contributed by atoms with E-state index in [0.29, 0.717) is 11.3 Å². The number of hydrogen-bond donors (Lipinski definition) is 4. The topological polar surface area (TPSA) is 145 Å². The summed E-state index contributed by atoms with van der Waals surface area (Å²) in [6.07, 6.45) is 1.18. The summed E-state index contributed by atoms with van der Waals surface area (Å²) < 4.78 is 27.7. The molecule has 0 aliphatic carbocycles. The van der Waals surface area contributed by atoms with E-state index in [-0.39, 0.29) is 10.6 Å². The average molecular weight is 377 g/mol. The van der Waals surface area contributed by atoms with Crippen molar-refractivity contribution in [1.82, 2.24) is 0 Å². The predicted molar refractivity (Wildman–Crippen MR) is 97.1 cm³/mol. The van der Waals surface area contributed by atoms with Crippen LogP contribution in [0.15, 0.2) is 65.3 Å². The number of methoxy groups -OCH3 is 1. The molecule has 8 nitrogen and oxygen atoms in total. The molecule has 1 unspecified atom stereocenters. The first-order valence-corrected chi connectivity index (χ1v) is 9.00. The van der Waals surface area contributed by atoms with E-state index in [1.54, 1.807) is 24.3 Å². The van der Waals surface area contributed by atoms with Gasteiger partial charge in [-0.2, -0.15) is 0 Å². The summed E-state index contributed by atoms with van der Waals surface area (Å²) in [4.78, 5) is 11.9. The second kappa shape index (κ2) is 8.00. The molecule has 0 fully saturated rings. The van der Waals surface area contributed by atoms with Gasteiger partial charge in [0.15, 0.2) is 5.76 Å². The Morgan fingerprint density at radius 1 is 1.23 bits per heavy atom. The number of amides is 1. The number of rotatable bonds is 6. The van der Waals surface area contributed by atoms with Gasteiger partial charge < -0.3 is 20.9 Å². The number of aliphatic hydroxyl groups is 1. The molecule has 26 heavy (non-hydrogen) atoms. The summed E-state index contributed by atoms with van der Waals surface area (Å²) in [6.45, 7) is 0. The van der Waals surface area contributed by atoms with Gasteiger partial charge in [-0.1, -0.05) is 18.2 Å². The van der Waals surface area contributed by atoms with Gasteiger partial charge in [-0.05, 0) is 42.0 Å². The Morgan fingerprint density at radius 2 is 1.88 bits per heavy atom. The lowest BCUT2D eigenvalue weighted by atomic mass is 10.1. The van der Waals surface area contributed by atoms with Gasteiger partial charge >= 0.3 is 0 Å². The minimum absolute atomic E-state index is 0.159. The smallest absolute Gasteiger partial charge is 0.290 e. The highest BCUT2D eigenvalue weighted by atomic mass is 32.2. The molecule has 2 aromatic rings. The molecule has 0 aliphatic heterocycles. The molecule has 2 aromatic carbocycles. The van der Waals surface area contributed by atoms with Gasteiger partial charge in [0, 0.05) is 5.69 Å². The number of benzene rings is 2. The maximum absolute atomic E-state index is 12.1. The SMILES string of the molecule is COc1ccc(C(N)/C=C(\O)C(=O)Nc2cccc(S(N)(=O)=O)c2)cc1. The minimum Gasteiger partial charge on any atom is -0.503 e. The summed E-state index contributed by atoms with van der Waals surface area (Å²) in [5, 5.41) is 17.4. The minimum atomic E-state index is -3.90. The van der Waals surface area contributed by atoms with Gasteiger partial charge in [0.1, 0.15) is 5.75 Å². The first kappa shape index (κ1) is 19.4. The fourth-order valence-electron chi connectivity index (χ4n) is 2.11. The van der Waals surface area contributed by atoms with Gasteiger partial charge in [0.05, 0.1) is 18.0 Å². The zero-order valence-corrected chi connectivity index (χ0v) is 14.7. The summed E-state index contributed by atoms with van der Waals surface area (Å²) in [7, 11) is -2.36. The number of ether oxygens (including phenoxy) is 1. The van der Waals surface area contributed by atoms with Crippen molar-refractivity contribution in [3.63, 3.8) is 0 Å². The van der Waals surface area contributed by atoms with Crippen molar-refractivity contribution in [3.05, 3.63) is 65.9 Å². The van der Waals surface area contributed by atoms with Gasteiger partial charge in [-0.3, -0.25) is 4.79 Å². The van der Waals surface area contributed by atoms with Crippen LogP contribution in [0.2, 0.25) is 0 Å². The van der Waals surface area contributed by atoms with Crippen LogP contribution < -0.4 is 20.9 Å². The van der Waals surface area contributed by atoms with E-state index in [0.717, 1.165) is 0 Å². The van der Waals surface area contributed by atoms with E-state index in [1.165, 1.54) is 37.5 Å². The summed E-state index contributed by atoms with van der Waals surface area (Å²) >= 11 is 0. The van der Waals surface area contributed by atoms with Crippen molar-refractivity contribution in [3.8, 4) is 5.75 Å². The predicted octanol–water partition coefficient (Wildman–Crippen LogP) is 1.42. The Labute approximate surface area is 151 Å². The van der Waals surface area contributed by atoms with Crippen LogP contribution >= 0.6 is 0 Å². The molecule has 0 aromatic heterocycles. The quantitative estimate of drug-likeness (QED) is 0.442. The van der Waals surface area contributed by atoms with Gasteiger partial charge in [0.25, 0.3) is 5.91 Å². The Kier molecular flexibility index (Phi) is 5.98. The van der Waals surface area contributed by atoms with E-state index in [9.17, 15) is 18.3 Å². The zero-order chi connectivity index (χ0) is 19.3. The molecule has 138 valence electrons. The number of carbonyl (C=O) groups excluding carboxylic acids is 1. The van der Waals surface area contributed by atoms with Crippen LogP contribution in [0.4, 0.5) is 5.69 Å². The maximum Gasteiger partial charge on any atom is 0.290 e. The first-order valence-electron chi connectivity index (χ1n) is 7.45. The summed E-state index contributed by atoms with van der Waals surface area (Å²) in [6, 6.07) is 11.5. The highest BCUT2D eigenvalue weighted by Gasteiger charge is 2.13. The number of anilines is 1. The molecule has 0 aliphatic rings. The lowest BCUT2D eigenvalue weighted by molar-refractivity contribution is -0.115. The Bertz CT molecular complexity index is 924. The number of primary sulfonamides is 1. The molecule has 6 N–H and O–H groups in total. The van der Waals surface area contributed by atoms with Crippen LogP contribution in [-0.4, -0.2) is 26.5 Å². The number of carbonyl (C=O) groups is 1. The van der Waals surface area contributed by atoms with E-state index >= 15 is 0 Å². The highest BCUT2D eigenvalue weighted by molar-refractivity contribution is 7.89.